The van der Waals surface area contributed by atoms with E-state index < -0.39 is 16.0 Å². The van der Waals surface area contributed by atoms with Crippen molar-refractivity contribution in [1.29, 1.82) is 0 Å². The van der Waals surface area contributed by atoms with Crippen molar-refractivity contribution in [3.63, 3.8) is 0 Å². The molecule has 0 amide bonds. The highest BCUT2D eigenvalue weighted by Crippen LogP contribution is 2.28. The molecule has 0 radical (unpaired) electrons. The van der Waals surface area contributed by atoms with Crippen molar-refractivity contribution in [3.8, 4) is 17.2 Å². The minimum atomic E-state index is -1.08. The molecule has 0 aromatic heterocycles. The van der Waals surface area contributed by atoms with Crippen molar-refractivity contribution in [2.24, 2.45) is 0 Å². The maximum Gasteiger partial charge on any atom is 0.519 e. The Hall–Kier alpha value is -4.47. The molecule has 3 rings (SSSR count). The quantitative estimate of drug-likeness (QED) is 0.211. The summed E-state index contributed by atoms with van der Waals surface area (Å²) in [6.07, 6.45) is -0.257. The van der Waals surface area contributed by atoms with Crippen molar-refractivity contribution < 1.29 is 28.9 Å². The van der Waals surface area contributed by atoms with Gasteiger partial charge >= 0.3 is 6.16 Å². The molecular weight excluding hydrogens is 420 g/mol. The van der Waals surface area contributed by atoms with Crippen LogP contribution in [0.15, 0.2) is 66.7 Å². The molecule has 0 spiro atoms. The zero-order chi connectivity index (χ0) is 23.1. The van der Waals surface area contributed by atoms with E-state index in [1.54, 1.807) is 7.11 Å². The Bertz CT molecular complexity index is 1140. The number of non-ortho nitro benzene ring substituents is 2. The molecule has 32 heavy (non-hydrogen) atoms. The first kappa shape index (κ1) is 22.2. The van der Waals surface area contributed by atoms with E-state index in [1.165, 1.54) is 42.5 Å². The average Bonchev–Trinajstić information content (AvgIpc) is 2.78. The van der Waals surface area contributed by atoms with E-state index in [0.717, 1.165) is 5.56 Å². The minimum Gasteiger partial charge on any atom is -0.496 e. The number of benzene rings is 3. The van der Waals surface area contributed by atoms with Gasteiger partial charge in [0.2, 0.25) is 0 Å². The van der Waals surface area contributed by atoms with Gasteiger partial charge in [-0.3, -0.25) is 20.2 Å². The van der Waals surface area contributed by atoms with E-state index in [-0.39, 0.29) is 22.9 Å². The van der Waals surface area contributed by atoms with Gasteiger partial charge in [-0.25, -0.2) is 4.79 Å². The smallest absolute Gasteiger partial charge is 0.496 e. The van der Waals surface area contributed by atoms with Gasteiger partial charge in [-0.2, -0.15) is 0 Å². The van der Waals surface area contributed by atoms with Crippen molar-refractivity contribution in [2.45, 2.75) is 12.8 Å². The van der Waals surface area contributed by atoms with E-state index in [2.05, 4.69) is 0 Å². The van der Waals surface area contributed by atoms with Crippen LogP contribution in [0.25, 0.3) is 0 Å². The fourth-order valence-electron chi connectivity index (χ4n) is 3.00. The Balaban J connectivity index is 1.76. The van der Waals surface area contributed by atoms with Crippen molar-refractivity contribution in [2.75, 3.05) is 7.11 Å². The molecular formula is C22H18N2O8. The number of nitrogens with zero attached hydrogens (tertiary/aromatic N) is 2. The number of methoxy groups -OCH3 is 1. The molecule has 0 saturated carbocycles. The summed E-state index contributed by atoms with van der Waals surface area (Å²) in [5.41, 5.74) is 1.03. The van der Waals surface area contributed by atoms with Crippen molar-refractivity contribution >= 4 is 17.5 Å². The number of nitro benzene ring substituents is 2. The second kappa shape index (κ2) is 10.0. The third-order valence-electron chi connectivity index (χ3n) is 4.55. The number of ether oxygens (including phenoxy) is 3. The molecule has 164 valence electrons. The van der Waals surface area contributed by atoms with Crippen molar-refractivity contribution in [1.82, 2.24) is 0 Å². The molecule has 0 aliphatic heterocycles. The lowest BCUT2D eigenvalue weighted by molar-refractivity contribution is -0.385. The van der Waals surface area contributed by atoms with Gasteiger partial charge in [-0.15, -0.1) is 0 Å². The Morgan fingerprint density at radius 1 is 0.781 bits per heavy atom. The molecule has 0 unspecified atom stereocenters. The number of carbonyl (C=O) groups excluding carboxylic acids is 1. The van der Waals surface area contributed by atoms with Gasteiger partial charge in [0.1, 0.15) is 17.2 Å². The molecule has 0 aliphatic rings. The lowest BCUT2D eigenvalue weighted by Crippen LogP contribution is -2.15. The van der Waals surface area contributed by atoms with Crippen LogP contribution in [0.3, 0.4) is 0 Å². The van der Waals surface area contributed by atoms with E-state index in [0.29, 0.717) is 24.2 Å². The second-order valence-electron chi connectivity index (χ2n) is 6.57. The lowest BCUT2D eigenvalue weighted by atomic mass is 10.0. The summed E-state index contributed by atoms with van der Waals surface area (Å²) in [4.78, 5) is 33.0. The molecule has 0 atom stereocenters. The van der Waals surface area contributed by atoms with E-state index in [4.69, 9.17) is 14.2 Å². The summed E-state index contributed by atoms with van der Waals surface area (Å²) in [6.45, 7) is 0. The van der Waals surface area contributed by atoms with Crippen LogP contribution in [0, 0.1) is 20.2 Å². The topological polar surface area (TPSA) is 131 Å². The number of nitro groups is 2. The predicted octanol–water partition coefficient (Wildman–Crippen LogP) is 4.87. The summed E-state index contributed by atoms with van der Waals surface area (Å²) < 4.78 is 15.6. The Kier molecular flexibility index (Phi) is 6.96. The predicted molar refractivity (Wildman–Crippen MR) is 113 cm³/mol. The number of hydrogen-bond donors (Lipinski definition) is 0. The van der Waals surface area contributed by atoms with Crippen LogP contribution in [-0.2, 0) is 12.8 Å². The third kappa shape index (κ3) is 5.57. The normalized spacial score (nSPS) is 10.3. The maximum absolute atomic E-state index is 12.2. The van der Waals surface area contributed by atoms with Crippen LogP contribution in [0.4, 0.5) is 16.2 Å². The summed E-state index contributed by atoms with van der Waals surface area (Å²) in [5.74, 6) is 0.841. The van der Waals surface area contributed by atoms with Crippen LogP contribution in [0.2, 0.25) is 0 Å². The van der Waals surface area contributed by atoms with Gasteiger partial charge in [0.05, 0.1) is 17.0 Å². The zero-order valence-corrected chi connectivity index (χ0v) is 16.9. The largest absolute Gasteiger partial charge is 0.519 e. The molecule has 0 fully saturated rings. The lowest BCUT2D eigenvalue weighted by Gasteiger charge is -2.12. The van der Waals surface area contributed by atoms with Crippen LogP contribution >= 0.6 is 0 Å². The minimum absolute atomic E-state index is 0.0538. The van der Waals surface area contributed by atoms with E-state index in [1.807, 2.05) is 24.3 Å². The van der Waals surface area contributed by atoms with E-state index >= 15 is 0 Å². The molecule has 10 nitrogen and oxygen atoms in total. The summed E-state index contributed by atoms with van der Waals surface area (Å²) >= 11 is 0. The van der Waals surface area contributed by atoms with Crippen molar-refractivity contribution in [3.05, 3.63) is 98.1 Å². The molecule has 3 aromatic rings. The van der Waals surface area contributed by atoms with Gasteiger partial charge in [0.25, 0.3) is 11.4 Å². The summed E-state index contributed by atoms with van der Waals surface area (Å²) in [7, 11) is 1.55. The highest BCUT2D eigenvalue weighted by atomic mass is 16.7. The van der Waals surface area contributed by atoms with Crippen LogP contribution in [-0.4, -0.2) is 23.1 Å². The van der Waals surface area contributed by atoms with Gasteiger partial charge in [0, 0.05) is 29.8 Å². The van der Waals surface area contributed by atoms with Gasteiger partial charge in [-0.1, -0.05) is 18.2 Å². The first-order chi connectivity index (χ1) is 15.4. The molecule has 0 heterocycles. The third-order valence-corrected chi connectivity index (χ3v) is 4.55. The van der Waals surface area contributed by atoms with Crippen LogP contribution < -0.4 is 14.2 Å². The number of rotatable bonds is 8. The summed E-state index contributed by atoms with van der Waals surface area (Å²) in [5, 5.41) is 21.9. The fraction of sp³-hybridized carbons (Fsp3) is 0.136. The summed E-state index contributed by atoms with van der Waals surface area (Å²) in [6, 6.07) is 16.2. The maximum atomic E-state index is 12.2. The Morgan fingerprint density at radius 3 is 2.06 bits per heavy atom. The SMILES string of the molecule is COc1ccccc1CCc1cc([N+](=O)[O-])ccc1OC(=O)Oc1ccc([N+](=O)[O-])cc1. The first-order valence-electron chi connectivity index (χ1n) is 9.40. The number of hydrogen-bond acceptors (Lipinski definition) is 8. The molecule has 10 heteroatoms. The number of para-hydroxylation sites is 1. The highest BCUT2D eigenvalue weighted by molar-refractivity contribution is 5.68. The number of carbonyl (C=O) groups is 1. The monoisotopic (exact) mass is 438 g/mol. The fourth-order valence-corrected chi connectivity index (χ4v) is 3.00. The second-order valence-corrected chi connectivity index (χ2v) is 6.57. The first-order valence-corrected chi connectivity index (χ1v) is 9.40. The van der Waals surface area contributed by atoms with E-state index in [9.17, 15) is 25.0 Å². The van der Waals surface area contributed by atoms with Gasteiger partial charge in [-0.05, 0) is 42.7 Å². The average molecular weight is 438 g/mol. The molecule has 0 saturated heterocycles. The van der Waals surface area contributed by atoms with Gasteiger partial charge in [0.15, 0.2) is 0 Å². The van der Waals surface area contributed by atoms with Crippen LogP contribution in [0.1, 0.15) is 11.1 Å². The molecule has 3 aromatic carbocycles. The number of aryl methyl sites for hydroxylation is 2. The molecule has 0 bridgehead atoms. The Labute approximate surface area is 182 Å². The molecule has 0 aliphatic carbocycles. The highest BCUT2D eigenvalue weighted by Gasteiger charge is 2.17. The molecule has 0 N–H and O–H groups in total. The van der Waals surface area contributed by atoms with Gasteiger partial charge < -0.3 is 14.2 Å². The van der Waals surface area contributed by atoms with Crippen LogP contribution in [0.5, 0.6) is 17.2 Å². The zero-order valence-electron chi connectivity index (χ0n) is 16.9. The Morgan fingerprint density at radius 2 is 1.41 bits per heavy atom. The standard InChI is InChI=1S/C22H18N2O8/c1-30-20-5-3-2-4-15(20)6-7-16-14-18(24(28)29)10-13-21(16)32-22(25)31-19-11-8-17(9-12-19)23(26)27/h2-5,8-14H,6-7H2,1H3.